The lowest BCUT2D eigenvalue weighted by Crippen LogP contribution is -2.42. The van der Waals surface area contributed by atoms with Crippen molar-refractivity contribution in [3.8, 4) is 11.5 Å². The Morgan fingerprint density at radius 1 is 1.03 bits per heavy atom. The molecule has 0 aromatic heterocycles. The van der Waals surface area contributed by atoms with Gasteiger partial charge in [0.05, 0.1) is 25.2 Å². The average Bonchev–Trinajstić information content (AvgIpc) is 3.36. The lowest BCUT2D eigenvalue weighted by molar-refractivity contribution is -0.150. The first-order valence-corrected chi connectivity index (χ1v) is 10.8. The van der Waals surface area contributed by atoms with Gasteiger partial charge in [-0.2, -0.15) is 5.10 Å². The van der Waals surface area contributed by atoms with E-state index >= 15 is 0 Å². The van der Waals surface area contributed by atoms with Crippen molar-refractivity contribution < 1.29 is 28.6 Å². The van der Waals surface area contributed by atoms with Gasteiger partial charge in [0.25, 0.3) is 5.91 Å². The number of para-hydroxylation sites is 2. The molecule has 4 rings (SSSR count). The van der Waals surface area contributed by atoms with Crippen LogP contribution in [0.4, 0.5) is 0 Å². The molecule has 2 aromatic rings. The van der Waals surface area contributed by atoms with Crippen molar-refractivity contribution in [1.82, 2.24) is 10.3 Å². The number of hydrogen-bond acceptors (Lipinski definition) is 7. The minimum Gasteiger partial charge on any atom is -0.486 e. The van der Waals surface area contributed by atoms with Crippen molar-refractivity contribution in [2.45, 2.75) is 25.4 Å². The Bertz CT molecular complexity index is 1040. The second-order valence-electron chi connectivity index (χ2n) is 7.64. The molecule has 2 aromatic carbocycles. The summed E-state index contributed by atoms with van der Waals surface area (Å²) in [6.45, 7) is 0.596. The number of carbonyl (C=O) groups is 3. The van der Waals surface area contributed by atoms with Crippen LogP contribution in [0.25, 0.3) is 0 Å². The predicted molar refractivity (Wildman–Crippen MR) is 119 cm³/mol. The van der Waals surface area contributed by atoms with Crippen molar-refractivity contribution in [2.75, 3.05) is 26.3 Å². The van der Waals surface area contributed by atoms with E-state index in [9.17, 15) is 14.4 Å². The molecule has 0 fully saturated rings. The molecule has 0 saturated heterocycles. The Labute approximate surface area is 191 Å². The monoisotopic (exact) mass is 451 g/mol. The molecule has 1 N–H and O–H groups in total. The van der Waals surface area contributed by atoms with E-state index in [2.05, 4.69) is 10.4 Å². The van der Waals surface area contributed by atoms with Gasteiger partial charge < -0.3 is 19.5 Å². The van der Waals surface area contributed by atoms with Crippen LogP contribution in [0, 0.1) is 0 Å². The lowest BCUT2D eigenvalue weighted by Gasteiger charge is -2.26. The van der Waals surface area contributed by atoms with Gasteiger partial charge in [-0.1, -0.05) is 42.5 Å². The number of hydrazone groups is 1. The van der Waals surface area contributed by atoms with Crippen LogP contribution >= 0.6 is 0 Å². The highest BCUT2D eigenvalue weighted by atomic mass is 16.6. The zero-order valence-corrected chi connectivity index (χ0v) is 18.1. The summed E-state index contributed by atoms with van der Waals surface area (Å²) >= 11 is 0. The van der Waals surface area contributed by atoms with Gasteiger partial charge in [-0.15, -0.1) is 0 Å². The number of esters is 1. The molecule has 0 spiro atoms. The normalized spacial score (nSPS) is 16.7. The first-order chi connectivity index (χ1) is 16.1. The summed E-state index contributed by atoms with van der Waals surface area (Å²) in [5.74, 6) is -0.0289. The summed E-state index contributed by atoms with van der Waals surface area (Å²) in [4.78, 5) is 36.3. The summed E-state index contributed by atoms with van der Waals surface area (Å²) in [7, 11) is 0. The van der Waals surface area contributed by atoms with Crippen LogP contribution in [0.5, 0.6) is 11.5 Å². The van der Waals surface area contributed by atoms with Crippen molar-refractivity contribution in [3.05, 3.63) is 60.2 Å². The number of benzene rings is 2. The molecule has 0 bridgehead atoms. The van der Waals surface area contributed by atoms with Crippen LogP contribution in [-0.2, 0) is 19.1 Å². The fourth-order valence-electron chi connectivity index (χ4n) is 3.47. The van der Waals surface area contributed by atoms with E-state index in [1.54, 1.807) is 6.07 Å². The van der Waals surface area contributed by atoms with E-state index in [1.165, 1.54) is 5.01 Å². The second kappa shape index (κ2) is 10.6. The van der Waals surface area contributed by atoms with Gasteiger partial charge >= 0.3 is 5.97 Å². The maximum absolute atomic E-state index is 12.3. The molecule has 9 nitrogen and oxygen atoms in total. The second-order valence-corrected chi connectivity index (χ2v) is 7.64. The number of nitrogens with zero attached hydrogens (tertiary/aromatic N) is 2. The minimum atomic E-state index is -0.615. The number of hydrogen-bond donors (Lipinski definition) is 1. The molecule has 1 unspecified atom stereocenters. The number of ether oxygens (including phenoxy) is 3. The molecular formula is C24H25N3O6. The molecule has 0 saturated carbocycles. The third-order valence-corrected chi connectivity index (χ3v) is 5.20. The minimum absolute atomic E-state index is 0.0291. The number of amides is 2. The quantitative estimate of drug-likeness (QED) is 0.615. The maximum Gasteiger partial charge on any atom is 0.306 e. The zero-order valence-electron chi connectivity index (χ0n) is 18.1. The number of carbonyl (C=O) groups excluding carboxylic acids is 3. The number of nitrogens with one attached hydrogen (secondary N) is 1. The lowest BCUT2D eigenvalue weighted by atomic mass is 10.1. The van der Waals surface area contributed by atoms with Crippen molar-refractivity contribution in [1.29, 1.82) is 0 Å². The van der Waals surface area contributed by atoms with E-state index in [4.69, 9.17) is 14.2 Å². The van der Waals surface area contributed by atoms with Gasteiger partial charge in [-0.05, 0) is 17.7 Å². The molecule has 1 atom stereocenters. The zero-order chi connectivity index (χ0) is 23.0. The Hall–Kier alpha value is -3.88. The number of rotatable bonds is 8. The van der Waals surface area contributed by atoms with Gasteiger partial charge in [0.1, 0.15) is 12.7 Å². The first-order valence-electron chi connectivity index (χ1n) is 10.8. The largest absolute Gasteiger partial charge is 0.486 e. The van der Waals surface area contributed by atoms with Crippen LogP contribution in [0.2, 0.25) is 0 Å². The van der Waals surface area contributed by atoms with Crippen LogP contribution < -0.4 is 14.8 Å². The standard InChI is InChI=1S/C24H25N3O6/c28-22(25-14-18-15-31-20-8-4-5-9-21(20)33-18)16-32-24(30)11-10-23(29)27-13-12-19(26-27)17-6-2-1-3-7-17/h1-9,18H,10-16H2,(H,25,28). The molecule has 0 aliphatic carbocycles. The fourth-order valence-corrected chi connectivity index (χ4v) is 3.47. The average molecular weight is 451 g/mol. The third-order valence-electron chi connectivity index (χ3n) is 5.20. The Balaban J connectivity index is 1.12. The van der Waals surface area contributed by atoms with Crippen molar-refractivity contribution in [2.24, 2.45) is 5.10 Å². The summed E-state index contributed by atoms with van der Waals surface area (Å²) in [5.41, 5.74) is 1.83. The van der Waals surface area contributed by atoms with Crippen molar-refractivity contribution >= 4 is 23.5 Å². The van der Waals surface area contributed by atoms with Crippen LogP contribution in [0.15, 0.2) is 59.7 Å². The summed E-state index contributed by atoms with van der Waals surface area (Å²) in [6, 6.07) is 17.0. The maximum atomic E-state index is 12.3. The highest BCUT2D eigenvalue weighted by Crippen LogP contribution is 2.30. The van der Waals surface area contributed by atoms with E-state index in [0.29, 0.717) is 31.1 Å². The van der Waals surface area contributed by atoms with E-state index in [-0.39, 0.29) is 31.4 Å². The third kappa shape index (κ3) is 6.09. The first kappa shape index (κ1) is 22.3. The predicted octanol–water partition coefficient (Wildman–Crippen LogP) is 1.90. The molecule has 172 valence electrons. The van der Waals surface area contributed by atoms with Crippen LogP contribution in [0.3, 0.4) is 0 Å². The van der Waals surface area contributed by atoms with Gasteiger partial charge in [0.15, 0.2) is 18.1 Å². The highest BCUT2D eigenvalue weighted by molar-refractivity contribution is 6.02. The molecule has 2 aliphatic heterocycles. The summed E-state index contributed by atoms with van der Waals surface area (Å²) in [6.07, 6.45) is 0.189. The van der Waals surface area contributed by atoms with Gasteiger partial charge in [-0.25, -0.2) is 5.01 Å². The molecule has 9 heteroatoms. The van der Waals surface area contributed by atoms with Gasteiger partial charge in [-0.3, -0.25) is 14.4 Å². The Morgan fingerprint density at radius 3 is 2.61 bits per heavy atom. The Kier molecular flexibility index (Phi) is 7.19. The summed E-state index contributed by atoms with van der Waals surface area (Å²) < 4.78 is 16.3. The van der Waals surface area contributed by atoms with E-state index in [1.807, 2.05) is 48.5 Å². The molecule has 2 aliphatic rings. The molecule has 2 amide bonds. The SMILES string of the molecule is O=C(COC(=O)CCC(=O)N1CCC(c2ccccc2)=N1)NCC1COc2ccccc2O1. The molecule has 0 radical (unpaired) electrons. The van der Waals surface area contributed by atoms with Crippen LogP contribution in [-0.4, -0.2) is 60.9 Å². The smallest absolute Gasteiger partial charge is 0.306 e. The van der Waals surface area contributed by atoms with E-state index < -0.39 is 18.5 Å². The molecule has 2 heterocycles. The van der Waals surface area contributed by atoms with Crippen LogP contribution in [0.1, 0.15) is 24.8 Å². The highest BCUT2D eigenvalue weighted by Gasteiger charge is 2.23. The topological polar surface area (TPSA) is 107 Å². The van der Waals surface area contributed by atoms with Gasteiger partial charge in [0, 0.05) is 12.8 Å². The van der Waals surface area contributed by atoms with E-state index in [0.717, 1.165) is 11.3 Å². The fraction of sp³-hybridized carbons (Fsp3) is 0.333. The van der Waals surface area contributed by atoms with Crippen molar-refractivity contribution in [3.63, 3.8) is 0 Å². The molecule has 33 heavy (non-hydrogen) atoms. The summed E-state index contributed by atoms with van der Waals surface area (Å²) in [5, 5.41) is 8.39. The van der Waals surface area contributed by atoms with Gasteiger partial charge in [0.2, 0.25) is 5.91 Å². The number of fused-ring (bicyclic) bond motifs is 1. The molecular weight excluding hydrogens is 426 g/mol. The Morgan fingerprint density at radius 2 is 1.79 bits per heavy atom.